The van der Waals surface area contributed by atoms with Gasteiger partial charge in [-0.1, -0.05) is 30.3 Å². The number of nitrogens with two attached hydrogens (primary N) is 1. The Bertz CT molecular complexity index is 543. The van der Waals surface area contributed by atoms with Crippen LogP contribution >= 0.6 is 11.9 Å². The summed E-state index contributed by atoms with van der Waals surface area (Å²) in [6, 6.07) is 9.65. The topological polar surface area (TPSA) is 110 Å². The number of carboxylic acids is 1. The van der Waals surface area contributed by atoms with Gasteiger partial charge in [0.25, 0.3) is 0 Å². The van der Waals surface area contributed by atoms with Crippen LogP contribution in [0, 0.1) is 0 Å². The van der Waals surface area contributed by atoms with Gasteiger partial charge in [0.15, 0.2) is 11.9 Å². The summed E-state index contributed by atoms with van der Waals surface area (Å²) >= 11 is 1.18. The van der Waals surface area contributed by atoms with Gasteiger partial charge in [-0.2, -0.15) is 0 Å². The van der Waals surface area contributed by atoms with E-state index in [1.807, 2.05) is 30.3 Å². The Labute approximate surface area is 146 Å². The van der Waals surface area contributed by atoms with Crippen molar-refractivity contribution in [1.29, 1.82) is 0 Å². The van der Waals surface area contributed by atoms with E-state index < -0.39 is 23.4 Å². The third-order valence-electron chi connectivity index (χ3n) is 4.09. The molecule has 2 unspecified atom stereocenters. The van der Waals surface area contributed by atoms with Crippen molar-refractivity contribution in [3.63, 3.8) is 0 Å². The van der Waals surface area contributed by atoms with Crippen LogP contribution in [0.25, 0.3) is 0 Å². The van der Waals surface area contributed by atoms with Crippen LogP contribution in [-0.4, -0.2) is 54.5 Å². The maximum absolute atomic E-state index is 11.0. The van der Waals surface area contributed by atoms with Gasteiger partial charge in [0, 0.05) is 13.1 Å². The minimum absolute atomic E-state index is 0.368. The second-order valence-corrected chi connectivity index (χ2v) is 7.36. The van der Waals surface area contributed by atoms with E-state index in [4.69, 9.17) is 10.8 Å². The van der Waals surface area contributed by atoms with Crippen LogP contribution in [0.15, 0.2) is 30.3 Å². The molecule has 1 aromatic carbocycles. The SMILES string of the molecule is C[C@@](N)(CCCCN1SC(O)N(Cc2ccccc2)C1O)C(=O)O. The Hall–Kier alpha value is -1.16. The lowest BCUT2D eigenvalue weighted by Crippen LogP contribution is -2.44. The highest BCUT2D eigenvalue weighted by Crippen LogP contribution is 2.33. The number of carboxylic acid groups (broad SMARTS) is 1. The molecule has 1 aromatic rings. The minimum atomic E-state index is -1.23. The molecule has 5 N–H and O–H groups in total. The van der Waals surface area contributed by atoms with Crippen LogP contribution in [0.2, 0.25) is 0 Å². The average molecular weight is 355 g/mol. The molecule has 0 amide bonds. The zero-order valence-corrected chi connectivity index (χ0v) is 14.5. The summed E-state index contributed by atoms with van der Waals surface area (Å²) < 4.78 is 1.71. The maximum Gasteiger partial charge on any atom is 0.323 e. The highest BCUT2D eigenvalue weighted by molar-refractivity contribution is 7.97. The quantitative estimate of drug-likeness (QED) is 0.403. The monoisotopic (exact) mass is 355 g/mol. The number of hydrogen-bond donors (Lipinski definition) is 4. The first-order valence-corrected chi connectivity index (χ1v) is 8.76. The normalized spacial score (nSPS) is 24.8. The standard InChI is InChI=1S/C16H25N3O4S/c1-16(17,13(20)21)9-5-6-10-19-14(22)18(15(23)24-19)11-12-7-3-2-4-8-12/h2-4,7-8,14-15,22-23H,5-6,9-11,17H2,1H3,(H,20,21)/t14?,15?,16-/m1/s1. The summed E-state index contributed by atoms with van der Waals surface area (Å²) in [7, 11) is 0. The number of aliphatic hydroxyl groups excluding tert-OH is 2. The van der Waals surface area contributed by atoms with Crippen molar-refractivity contribution in [2.75, 3.05) is 6.54 Å². The molecular weight excluding hydrogens is 330 g/mol. The summed E-state index contributed by atoms with van der Waals surface area (Å²) in [6.45, 7) is 2.50. The molecule has 0 bridgehead atoms. The summed E-state index contributed by atoms with van der Waals surface area (Å²) in [4.78, 5) is 12.6. The lowest BCUT2D eigenvalue weighted by atomic mass is 9.96. The molecule has 1 aliphatic heterocycles. The van der Waals surface area contributed by atoms with E-state index in [0.29, 0.717) is 32.4 Å². The minimum Gasteiger partial charge on any atom is -0.480 e. The first-order valence-electron chi connectivity index (χ1n) is 7.93. The van der Waals surface area contributed by atoms with Gasteiger partial charge in [-0.15, -0.1) is 0 Å². The second-order valence-electron chi connectivity index (χ2n) is 6.26. The van der Waals surface area contributed by atoms with Crippen LogP contribution in [0.1, 0.15) is 31.7 Å². The fourth-order valence-electron chi connectivity index (χ4n) is 2.50. The van der Waals surface area contributed by atoms with Gasteiger partial charge in [0.05, 0.1) is 0 Å². The van der Waals surface area contributed by atoms with E-state index in [-0.39, 0.29) is 0 Å². The zero-order chi connectivity index (χ0) is 17.7. The summed E-state index contributed by atoms with van der Waals surface area (Å²) in [6.07, 6.45) is 0.815. The number of aliphatic hydroxyl groups is 2. The molecule has 0 spiro atoms. The lowest BCUT2D eigenvalue weighted by Gasteiger charge is -2.25. The first-order chi connectivity index (χ1) is 11.3. The number of benzene rings is 1. The molecule has 3 atom stereocenters. The van der Waals surface area contributed by atoms with E-state index in [1.165, 1.54) is 18.9 Å². The van der Waals surface area contributed by atoms with Crippen molar-refractivity contribution in [3.05, 3.63) is 35.9 Å². The number of unbranched alkanes of at least 4 members (excludes halogenated alkanes) is 1. The number of aliphatic carboxylic acids is 1. The van der Waals surface area contributed by atoms with Crippen LogP contribution in [-0.2, 0) is 11.3 Å². The molecule has 0 radical (unpaired) electrons. The van der Waals surface area contributed by atoms with E-state index >= 15 is 0 Å². The predicted octanol–water partition coefficient (Wildman–Crippen LogP) is 0.976. The lowest BCUT2D eigenvalue weighted by molar-refractivity contribution is -0.143. The second kappa shape index (κ2) is 8.28. The molecule has 0 aliphatic carbocycles. The summed E-state index contributed by atoms with van der Waals surface area (Å²) in [5, 5.41) is 29.5. The molecule has 1 heterocycles. The maximum atomic E-state index is 11.0. The largest absolute Gasteiger partial charge is 0.480 e. The molecule has 2 rings (SSSR count). The zero-order valence-electron chi connectivity index (χ0n) is 13.7. The van der Waals surface area contributed by atoms with Gasteiger partial charge in [0.2, 0.25) is 0 Å². The van der Waals surface area contributed by atoms with Crippen molar-refractivity contribution in [2.45, 2.75) is 50.2 Å². The number of hydrogen-bond acceptors (Lipinski definition) is 7. The van der Waals surface area contributed by atoms with Crippen LogP contribution in [0.3, 0.4) is 0 Å². The van der Waals surface area contributed by atoms with Gasteiger partial charge in [-0.25, -0.2) is 9.21 Å². The van der Waals surface area contributed by atoms with Crippen LogP contribution in [0.5, 0.6) is 0 Å². The molecule has 1 saturated heterocycles. The number of nitrogens with zero attached hydrogens (tertiary/aromatic N) is 2. The van der Waals surface area contributed by atoms with Crippen molar-refractivity contribution in [2.24, 2.45) is 5.73 Å². The van der Waals surface area contributed by atoms with E-state index in [0.717, 1.165) is 5.56 Å². The van der Waals surface area contributed by atoms with E-state index in [2.05, 4.69) is 0 Å². The fraction of sp³-hybridized carbons (Fsp3) is 0.562. The summed E-state index contributed by atoms with van der Waals surface area (Å²) in [5.74, 6) is -1.01. The number of rotatable bonds is 8. The van der Waals surface area contributed by atoms with Crippen molar-refractivity contribution < 1.29 is 20.1 Å². The molecule has 0 aromatic heterocycles. The van der Waals surface area contributed by atoms with Crippen molar-refractivity contribution in [1.82, 2.24) is 9.21 Å². The Morgan fingerprint density at radius 3 is 2.58 bits per heavy atom. The molecule has 134 valence electrons. The molecule has 1 aliphatic rings. The van der Waals surface area contributed by atoms with Gasteiger partial charge < -0.3 is 21.1 Å². The summed E-state index contributed by atoms with van der Waals surface area (Å²) in [5.41, 5.74) is 4.67. The van der Waals surface area contributed by atoms with Crippen molar-refractivity contribution >= 4 is 17.9 Å². The van der Waals surface area contributed by atoms with Crippen molar-refractivity contribution in [3.8, 4) is 0 Å². The Kier molecular flexibility index (Phi) is 6.62. The first kappa shape index (κ1) is 19.2. The highest BCUT2D eigenvalue weighted by atomic mass is 32.2. The van der Waals surface area contributed by atoms with Crippen LogP contribution < -0.4 is 5.73 Å². The van der Waals surface area contributed by atoms with Gasteiger partial charge in [-0.05, 0) is 43.7 Å². The Morgan fingerprint density at radius 2 is 1.96 bits per heavy atom. The average Bonchev–Trinajstić information content (AvgIpc) is 2.80. The molecule has 7 nitrogen and oxygen atoms in total. The van der Waals surface area contributed by atoms with Gasteiger partial charge >= 0.3 is 5.97 Å². The predicted molar refractivity (Wildman–Crippen MR) is 92.4 cm³/mol. The smallest absolute Gasteiger partial charge is 0.323 e. The molecule has 24 heavy (non-hydrogen) atoms. The molecular formula is C16H25N3O4S. The third-order valence-corrected chi connectivity index (χ3v) is 5.19. The van der Waals surface area contributed by atoms with Gasteiger partial charge in [0.1, 0.15) is 5.54 Å². The highest BCUT2D eigenvalue weighted by Gasteiger charge is 2.38. The fourth-order valence-corrected chi connectivity index (χ4v) is 3.52. The molecule has 8 heteroatoms. The molecule has 1 fully saturated rings. The Morgan fingerprint density at radius 1 is 1.29 bits per heavy atom. The Balaban J connectivity index is 1.80. The van der Waals surface area contributed by atoms with E-state index in [9.17, 15) is 15.0 Å². The van der Waals surface area contributed by atoms with E-state index in [1.54, 1.807) is 9.21 Å². The number of carbonyl (C=O) groups is 1. The third kappa shape index (κ3) is 4.92. The van der Waals surface area contributed by atoms with Crippen LogP contribution in [0.4, 0.5) is 0 Å². The molecule has 0 saturated carbocycles. The van der Waals surface area contributed by atoms with Gasteiger partial charge in [-0.3, -0.25) is 4.79 Å².